The first-order valence-corrected chi connectivity index (χ1v) is 7.27. The molecule has 1 aliphatic rings. The number of nitrogens with two attached hydrogens (primary N) is 1. The normalized spacial score (nSPS) is 23.4. The summed E-state index contributed by atoms with van der Waals surface area (Å²) >= 11 is 5.90. The fourth-order valence-corrected chi connectivity index (χ4v) is 2.79. The molecular weight excluding hydrogens is 272 g/mol. The molecule has 0 saturated carbocycles. The minimum atomic E-state index is 0.293. The Bertz CT molecular complexity index is 568. The van der Waals surface area contributed by atoms with Crippen molar-refractivity contribution < 1.29 is 0 Å². The van der Waals surface area contributed by atoms with Gasteiger partial charge in [0.15, 0.2) is 0 Å². The second-order valence-corrected chi connectivity index (χ2v) is 6.04. The molecule has 0 radical (unpaired) electrons. The molecule has 5 heteroatoms. The number of benzene rings is 1. The maximum atomic E-state index is 6.06. The zero-order valence-corrected chi connectivity index (χ0v) is 12.3. The quantitative estimate of drug-likeness (QED) is 0.943. The highest BCUT2D eigenvalue weighted by atomic mass is 35.5. The Balaban J connectivity index is 1.69. The van der Waals surface area contributed by atoms with Gasteiger partial charge in [0.1, 0.15) is 0 Å². The van der Waals surface area contributed by atoms with Crippen molar-refractivity contribution in [2.45, 2.75) is 19.5 Å². The number of hydrogen-bond acceptors (Lipinski definition) is 3. The van der Waals surface area contributed by atoms with Crippen LogP contribution in [0.2, 0.25) is 5.02 Å². The summed E-state index contributed by atoms with van der Waals surface area (Å²) in [6, 6.07) is 7.97. The van der Waals surface area contributed by atoms with Gasteiger partial charge in [-0.1, -0.05) is 18.5 Å². The minimum absolute atomic E-state index is 0.293. The Morgan fingerprint density at radius 1 is 1.30 bits per heavy atom. The number of halogens is 1. The highest BCUT2D eigenvalue weighted by molar-refractivity contribution is 6.30. The van der Waals surface area contributed by atoms with Crippen LogP contribution in [-0.2, 0) is 6.54 Å². The Morgan fingerprint density at radius 3 is 2.70 bits per heavy atom. The molecule has 0 bridgehead atoms. The molecule has 2 aromatic rings. The van der Waals surface area contributed by atoms with E-state index in [1.165, 1.54) is 5.56 Å². The van der Waals surface area contributed by atoms with Crippen LogP contribution in [0.15, 0.2) is 36.7 Å². The number of rotatable bonds is 3. The van der Waals surface area contributed by atoms with Gasteiger partial charge in [0.05, 0.1) is 11.9 Å². The lowest BCUT2D eigenvalue weighted by atomic mass is 10.1. The number of aromatic nitrogens is 2. The summed E-state index contributed by atoms with van der Waals surface area (Å²) in [5.41, 5.74) is 8.29. The van der Waals surface area contributed by atoms with Crippen molar-refractivity contribution in [1.29, 1.82) is 0 Å². The molecule has 1 aliphatic heterocycles. The van der Waals surface area contributed by atoms with E-state index in [0.29, 0.717) is 12.0 Å². The molecule has 2 N–H and O–H groups in total. The van der Waals surface area contributed by atoms with Crippen molar-refractivity contribution in [2.75, 3.05) is 13.1 Å². The van der Waals surface area contributed by atoms with Gasteiger partial charge in [0.2, 0.25) is 0 Å². The van der Waals surface area contributed by atoms with E-state index in [1.807, 2.05) is 35.1 Å². The second-order valence-electron chi connectivity index (χ2n) is 5.60. The van der Waals surface area contributed by atoms with Crippen LogP contribution in [0.3, 0.4) is 0 Å². The van der Waals surface area contributed by atoms with Gasteiger partial charge in [-0.2, -0.15) is 5.10 Å². The van der Waals surface area contributed by atoms with Gasteiger partial charge in [-0.25, -0.2) is 4.68 Å². The maximum Gasteiger partial charge on any atom is 0.0646 e. The number of hydrogen-bond donors (Lipinski definition) is 1. The van der Waals surface area contributed by atoms with Gasteiger partial charge >= 0.3 is 0 Å². The van der Waals surface area contributed by atoms with Crippen LogP contribution in [0.25, 0.3) is 5.69 Å². The molecular formula is C15H19ClN4. The molecule has 1 aromatic carbocycles. The monoisotopic (exact) mass is 290 g/mol. The Labute approximate surface area is 124 Å². The van der Waals surface area contributed by atoms with Gasteiger partial charge in [-0.3, -0.25) is 4.90 Å². The molecule has 1 fully saturated rings. The summed E-state index contributed by atoms with van der Waals surface area (Å²) in [5, 5.41) is 5.15. The van der Waals surface area contributed by atoms with E-state index in [9.17, 15) is 0 Å². The van der Waals surface area contributed by atoms with E-state index >= 15 is 0 Å². The highest BCUT2D eigenvalue weighted by Gasteiger charge is 2.26. The third-order valence-corrected chi connectivity index (χ3v) is 4.13. The molecule has 4 nitrogen and oxygen atoms in total. The lowest BCUT2D eigenvalue weighted by Gasteiger charge is -2.13. The van der Waals surface area contributed by atoms with Gasteiger partial charge in [0.25, 0.3) is 0 Å². The SMILES string of the molecule is CC1CN(Cc2cnn(-c3ccc(Cl)cc3)c2)CC1N. The minimum Gasteiger partial charge on any atom is -0.326 e. The standard InChI is InChI=1S/C15H19ClN4/c1-11-7-19(10-15(11)17)8-12-6-18-20(9-12)14-4-2-13(16)3-5-14/h2-6,9,11,15H,7-8,10,17H2,1H3. The van der Waals surface area contributed by atoms with Crippen molar-refractivity contribution in [1.82, 2.24) is 14.7 Å². The fourth-order valence-electron chi connectivity index (χ4n) is 2.66. The highest BCUT2D eigenvalue weighted by Crippen LogP contribution is 2.18. The van der Waals surface area contributed by atoms with Gasteiger partial charge in [-0.05, 0) is 30.2 Å². The van der Waals surface area contributed by atoms with E-state index in [1.54, 1.807) is 0 Å². The predicted molar refractivity (Wildman–Crippen MR) is 81.0 cm³/mol. The molecule has 1 aromatic heterocycles. The summed E-state index contributed by atoms with van der Waals surface area (Å²) in [6.07, 6.45) is 3.99. The smallest absolute Gasteiger partial charge is 0.0646 e. The first-order chi connectivity index (χ1) is 9.61. The average molecular weight is 291 g/mol. The number of nitrogens with zero attached hydrogens (tertiary/aromatic N) is 3. The summed E-state index contributed by atoms with van der Waals surface area (Å²) in [6.45, 7) is 5.15. The maximum absolute atomic E-state index is 6.06. The van der Waals surface area contributed by atoms with E-state index in [4.69, 9.17) is 17.3 Å². The third kappa shape index (κ3) is 2.87. The van der Waals surface area contributed by atoms with Crippen LogP contribution >= 0.6 is 11.6 Å². The van der Waals surface area contributed by atoms with Crippen molar-refractivity contribution in [2.24, 2.45) is 11.7 Å². The molecule has 2 atom stereocenters. The molecule has 1 saturated heterocycles. The Hall–Kier alpha value is -1.36. The molecule has 0 spiro atoms. The van der Waals surface area contributed by atoms with Gasteiger partial charge in [-0.15, -0.1) is 0 Å². The number of likely N-dealkylation sites (tertiary alicyclic amines) is 1. The average Bonchev–Trinajstić information content (AvgIpc) is 2.99. The molecule has 106 valence electrons. The Kier molecular flexibility index (Phi) is 3.78. The van der Waals surface area contributed by atoms with Crippen molar-refractivity contribution in [3.8, 4) is 5.69 Å². The van der Waals surface area contributed by atoms with Crippen molar-refractivity contribution >= 4 is 11.6 Å². The van der Waals surface area contributed by atoms with E-state index < -0.39 is 0 Å². The third-order valence-electron chi connectivity index (χ3n) is 3.88. The predicted octanol–water partition coefficient (Wildman–Crippen LogP) is 2.30. The lowest BCUT2D eigenvalue weighted by molar-refractivity contribution is 0.319. The van der Waals surface area contributed by atoms with E-state index in [0.717, 1.165) is 30.3 Å². The molecule has 20 heavy (non-hydrogen) atoms. The van der Waals surface area contributed by atoms with Gasteiger partial charge < -0.3 is 5.73 Å². The van der Waals surface area contributed by atoms with Crippen LogP contribution in [0.5, 0.6) is 0 Å². The van der Waals surface area contributed by atoms with Gasteiger partial charge in [0, 0.05) is 42.5 Å². The largest absolute Gasteiger partial charge is 0.326 e. The van der Waals surface area contributed by atoms with Crippen LogP contribution in [0.1, 0.15) is 12.5 Å². The second kappa shape index (κ2) is 5.56. The van der Waals surface area contributed by atoms with Crippen LogP contribution in [0, 0.1) is 5.92 Å². The summed E-state index contributed by atoms with van der Waals surface area (Å²) < 4.78 is 1.88. The zero-order valence-electron chi connectivity index (χ0n) is 11.5. The first kappa shape index (κ1) is 13.6. The van der Waals surface area contributed by atoms with Crippen molar-refractivity contribution in [3.05, 3.63) is 47.2 Å². The molecule has 2 heterocycles. The molecule has 3 rings (SSSR count). The molecule has 0 amide bonds. The van der Waals surface area contributed by atoms with E-state index in [2.05, 4.69) is 23.1 Å². The zero-order chi connectivity index (χ0) is 14.1. The van der Waals surface area contributed by atoms with Crippen LogP contribution in [-0.4, -0.2) is 33.8 Å². The summed E-state index contributed by atoms with van der Waals surface area (Å²) in [7, 11) is 0. The summed E-state index contributed by atoms with van der Waals surface area (Å²) in [5.74, 6) is 0.571. The Morgan fingerprint density at radius 2 is 2.05 bits per heavy atom. The topological polar surface area (TPSA) is 47.1 Å². The van der Waals surface area contributed by atoms with Crippen LogP contribution < -0.4 is 5.73 Å². The molecule has 0 aliphatic carbocycles. The van der Waals surface area contributed by atoms with E-state index in [-0.39, 0.29) is 0 Å². The van der Waals surface area contributed by atoms with Crippen LogP contribution in [0.4, 0.5) is 0 Å². The fraction of sp³-hybridized carbons (Fsp3) is 0.400. The summed E-state index contributed by atoms with van der Waals surface area (Å²) in [4.78, 5) is 2.39. The first-order valence-electron chi connectivity index (χ1n) is 6.89. The van der Waals surface area contributed by atoms with Crippen molar-refractivity contribution in [3.63, 3.8) is 0 Å². The molecule has 2 unspecified atom stereocenters. The lowest BCUT2D eigenvalue weighted by Crippen LogP contribution is -2.28.